The predicted molar refractivity (Wildman–Crippen MR) is 72.0 cm³/mol. The van der Waals surface area contributed by atoms with Gasteiger partial charge in [0.05, 0.1) is 24.7 Å². The maximum atomic E-state index is 11.8. The second-order valence-electron chi connectivity index (χ2n) is 3.70. The quantitative estimate of drug-likeness (QED) is 0.626. The molecule has 3 N–H and O–H groups in total. The number of methoxy groups -OCH3 is 1. The Labute approximate surface area is 119 Å². The molecule has 0 atom stereocenters. The number of ether oxygens (including phenoxy) is 1. The van der Waals surface area contributed by atoms with Gasteiger partial charge in [-0.05, 0) is 0 Å². The van der Waals surface area contributed by atoms with E-state index in [-0.39, 0.29) is 29.6 Å². The Morgan fingerprint density at radius 3 is 2.80 bits per heavy atom. The van der Waals surface area contributed by atoms with Gasteiger partial charge in [-0.3, -0.25) is 9.59 Å². The molecular weight excluding hydrogens is 312 g/mol. The third-order valence-corrected chi connectivity index (χ3v) is 3.33. The summed E-state index contributed by atoms with van der Waals surface area (Å²) in [6.07, 6.45) is 1.20. The van der Waals surface area contributed by atoms with E-state index in [9.17, 15) is 18.0 Å². The molecule has 0 aromatic carbocycles. The van der Waals surface area contributed by atoms with Crippen LogP contribution in [-0.4, -0.2) is 43.6 Å². The normalized spacial score (nSPS) is 11.2. The van der Waals surface area contributed by atoms with Gasteiger partial charge in [0.2, 0.25) is 10.0 Å². The van der Waals surface area contributed by atoms with Gasteiger partial charge in [0.15, 0.2) is 0 Å². The van der Waals surface area contributed by atoms with Crippen molar-refractivity contribution in [2.24, 2.45) is 5.14 Å². The van der Waals surface area contributed by atoms with E-state index in [4.69, 9.17) is 16.7 Å². The fourth-order valence-electron chi connectivity index (χ4n) is 1.22. The molecule has 1 rings (SSSR count). The molecule has 0 aliphatic heterocycles. The number of esters is 1. The first kappa shape index (κ1) is 16.4. The topological polar surface area (TPSA) is 133 Å². The summed E-state index contributed by atoms with van der Waals surface area (Å²) < 4.78 is 26.7. The summed E-state index contributed by atoms with van der Waals surface area (Å²) in [5.41, 5.74) is -0.542. The zero-order valence-electron chi connectivity index (χ0n) is 10.5. The first-order valence-corrected chi connectivity index (χ1v) is 7.40. The maximum absolute atomic E-state index is 11.8. The van der Waals surface area contributed by atoms with Crippen LogP contribution in [0.4, 0.5) is 5.69 Å². The van der Waals surface area contributed by atoms with Crippen LogP contribution in [0.5, 0.6) is 0 Å². The molecule has 0 unspecified atom stereocenters. The minimum atomic E-state index is -3.62. The molecule has 11 heteroatoms. The summed E-state index contributed by atoms with van der Waals surface area (Å²) in [7, 11) is -2.44. The van der Waals surface area contributed by atoms with Crippen molar-refractivity contribution in [2.75, 3.05) is 24.7 Å². The van der Waals surface area contributed by atoms with Crippen LogP contribution >= 0.6 is 11.6 Å². The number of nitrogens with zero attached hydrogens (tertiary/aromatic N) is 2. The van der Waals surface area contributed by atoms with E-state index in [0.29, 0.717) is 0 Å². The Balaban J connectivity index is 2.84. The van der Waals surface area contributed by atoms with Crippen molar-refractivity contribution in [3.05, 3.63) is 21.6 Å². The van der Waals surface area contributed by atoms with Crippen molar-refractivity contribution in [3.8, 4) is 0 Å². The highest BCUT2D eigenvalue weighted by Crippen LogP contribution is 2.14. The van der Waals surface area contributed by atoms with Crippen LogP contribution in [0, 0.1) is 0 Å². The zero-order valence-corrected chi connectivity index (χ0v) is 12.1. The molecule has 0 aliphatic carbocycles. The van der Waals surface area contributed by atoms with Crippen LogP contribution in [0.2, 0.25) is 5.02 Å². The van der Waals surface area contributed by atoms with Crippen molar-refractivity contribution in [3.63, 3.8) is 0 Å². The van der Waals surface area contributed by atoms with Crippen LogP contribution in [0.15, 0.2) is 11.0 Å². The minimum Gasteiger partial charge on any atom is -0.468 e. The molecule has 0 spiro atoms. The first-order chi connectivity index (χ1) is 9.24. The molecule has 0 saturated heterocycles. The summed E-state index contributed by atoms with van der Waals surface area (Å²) >= 11 is 5.81. The summed E-state index contributed by atoms with van der Waals surface area (Å²) in [5.74, 6) is -0.972. The van der Waals surface area contributed by atoms with Gasteiger partial charge in [0.25, 0.3) is 5.56 Å². The summed E-state index contributed by atoms with van der Waals surface area (Å²) in [5, 5.41) is 11.0. The Morgan fingerprint density at radius 2 is 2.25 bits per heavy atom. The van der Waals surface area contributed by atoms with Gasteiger partial charge in [-0.25, -0.2) is 18.2 Å². The van der Waals surface area contributed by atoms with Gasteiger partial charge < -0.3 is 10.1 Å². The molecule has 1 heterocycles. The van der Waals surface area contributed by atoms with E-state index in [1.165, 1.54) is 13.3 Å². The van der Waals surface area contributed by atoms with E-state index >= 15 is 0 Å². The minimum absolute atomic E-state index is 0.0271. The van der Waals surface area contributed by atoms with Crippen LogP contribution < -0.4 is 16.0 Å². The maximum Gasteiger partial charge on any atom is 0.327 e. The highest BCUT2D eigenvalue weighted by molar-refractivity contribution is 7.89. The van der Waals surface area contributed by atoms with Gasteiger partial charge in [-0.15, -0.1) is 0 Å². The molecule has 112 valence electrons. The molecule has 0 bridgehead atoms. The van der Waals surface area contributed by atoms with E-state index in [0.717, 1.165) is 4.68 Å². The van der Waals surface area contributed by atoms with E-state index in [1.54, 1.807) is 0 Å². The van der Waals surface area contributed by atoms with Gasteiger partial charge in [0.1, 0.15) is 11.6 Å². The summed E-state index contributed by atoms with van der Waals surface area (Å²) in [6.45, 7) is -0.396. The SMILES string of the molecule is COC(=O)Cn1ncc(NCCS(N)(=O)=O)c(Cl)c1=O. The number of hydrogen-bond acceptors (Lipinski definition) is 7. The first-order valence-electron chi connectivity index (χ1n) is 5.31. The third kappa shape index (κ3) is 4.79. The fourth-order valence-corrected chi connectivity index (χ4v) is 1.82. The number of aromatic nitrogens is 2. The van der Waals surface area contributed by atoms with Crippen molar-refractivity contribution >= 4 is 33.3 Å². The van der Waals surface area contributed by atoms with Crippen LogP contribution in [0.3, 0.4) is 0 Å². The second-order valence-corrected chi connectivity index (χ2v) is 5.82. The Kier molecular flexibility index (Phi) is 5.48. The molecule has 0 aliphatic rings. The number of carbonyl (C=O) groups is 1. The summed E-state index contributed by atoms with van der Waals surface area (Å²) in [4.78, 5) is 22.8. The fraction of sp³-hybridized carbons (Fsp3) is 0.444. The van der Waals surface area contributed by atoms with E-state index < -0.39 is 21.6 Å². The molecular formula is C9H13ClN4O5S. The average molecular weight is 325 g/mol. The number of anilines is 1. The van der Waals surface area contributed by atoms with E-state index in [1.807, 2.05) is 0 Å². The Hall–Kier alpha value is -1.65. The highest BCUT2D eigenvalue weighted by atomic mass is 35.5. The molecule has 0 fully saturated rings. The molecule has 0 amide bonds. The van der Waals surface area contributed by atoms with Gasteiger partial charge in [-0.2, -0.15) is 5.10 Å². The molecule has 1 aromatic heterocycles. The zero-order chi connectivity index (χ0) is 15.3. The van der Waals surface area contributed by atoms with Crippen molar-refractivity contribution in [2.45, 2.75) is 6.54 Å². The predicted octanol–water partition coefficient (Wildman–Crippen LogP) is -1.23. The lowest BCUT2D eigenvalue weighted by Gasteiger charge is -2.09. The van der Waals surface area contributed by atoms with Gasteiger partial charge in [0, 0.05) is 6.54 Å². The van der Waals surface area contributed by atoms with Crippen LogP contribution in [0.25, 0.3) is 0 Å². The second kappa shape index (κ2) is 6.68. The van der Waals surface area contributed by atoms with Crippen molar-refractivity contribution < 1.29 is 17.9 Å². The average Bonchev–Trinajstić information content (AvgIpc) is 2.36. The summed E-state index contributed by atoms with van der Waals surface area (Å²) in [6, 6.07) is 0. The number of primary sulfonamides is 1. The van der Waals surface area contributed by atoms with Crippen molar-refractivity contribution in [1.82, 2.24) is 9.78 Å². The number of rotatable bonds is 6. The lowest BCUT2D eigenvalue weighted by atomic mass is 10.4. The van der Waals surface area contributed by atoms with Gasteiger partial charge in [-0.1, -0.05) is 11.6 Å². The molecule has 9 nitrogen and oxygen atoms in total. The number of hydrogen-bond donors (Lipinski definition) is 2. The standard InChI is InChI=1S/C9H13ClN4O5S/c1-19-7(15)5-14-9(16)8(10)6(4-13-14)12-2-3-20(11,17)18/h4,12H,2-3,5H2,1H3,(H2,11,17,18). The molecule has 20 heavy (non-hydrogen) atoms. The number of sulfonamides is 1. The molecule has 0 radical (unpaired) electrons. The lowest BCUT2D eigenvalue weighted by molar-refractivity contribution is -0.141. The van der Waals surface area contributed by atoms with Crippen LogP contribution in [0.1, 0.15) is 0 Å². The van der Waals surface area contributed by atoms with Gasteiger partial charge >= 0.3 is 5.97 Å². The lowest BCUT2D eigenvalue weighted by Crippen LogP contribution is -2.29. The molecule has 1 aromatic rings. The highest BCUT2D eigenvalue weighted by Gasteiger charge is 2.12. The number of nitrogens with two attached hydrogens (primary N) is 1. The largest absolute Gasteiger partial charge is 0.468 e. The molecule has 0 saturated carbocycles. The Morgan fingerprint density at radius 1 is 1.60 bits per heavy atom. The number of nitrogens with one attached hydrogen (secondary N) is 1. The Bertz CT molecular complexity index is 657. The number of halogens is 1. The van der Waals surface area contributed by atoms with E-state index in [2.05, 4.69) is 15.2 Å². The third-order valence-electron chi connectivity index (χ3n) is 2.19. The van der Waals surface area contributed by atoms with Crippen LogP contribution in [-0.2, 0) is 26.1 Å². The number of carbonyl (C=O) groups excluding carboxylic acids is 1. The smallest absolute Gasteiger partial charge is 0.327 e. The monoisotopic (exact) mass is 324 g/mol. The van der Waals surface area contributed by atoms with Crippen molar-refractivity contribution in [1.29, 1.82) is 0 Å².